The number of carbonyl (C=O) groups excluding carboxylic acids is 1. The number of primary amides is 1. The van der Waals surface area contributed by atoms with Crippen LogP contribution in [-0.2, 0) is 11.2 Å². The summed E-state index contributed by atoms with van der Waals surface area (Å²) in [6, 6.07) is 1.90. The minimum Gasteiger partial charge on any atom is -0.368 e. The van der Waals surface area contributed by atoms with Gasteiger partial charge in [-0.2, -0.15) is 0 Å². The van der Waals surface area contributed by atoms with Crippen molar-refractivity contribution in [3.63, 3.8) is 0 Å². The Balaban J connectivity index is 1.95. The first-order valence-corrected chi connectivity index (χ1v) is 6.41. The van der Waals surface area contributed by atoms with Gasteiger partial charge in [0.25, 0.3) is 0 Å². The summed E-state index contributed by atoms with van der Waals surface area (Å²) in [4.78, 5) is 12.3. The maximum atomic E-state index is 10.8. The van der Waals surface area contributed by atoms with Crippen LogP contribution in [0.2, 0.25) is 0 Å². The van der Waals surface area contributed by atoms with Crippen molar-refractivity contribution in [1.82, 2.24) is 5.32 Å². The Morgan fingerprint density at radius 1 is 1.69 bits per heavy atom. The van der Waals surface area contributed by atoms with Crippen molar-refractivity contribution in [2.75, 3.05) is 6.54 Å². The molecule has 0 aliphatic heterocycles. The van der Waals surface area contributed by atoms with E-state index in [0.29, 0.717) is 12.6 Å². The minimum atomic E-state index is -0.594. The molecule has 1 aliphatic rings. The molecular weight excluding hydrogens is 222 g/mol. The van der Waals surface area contributed by atoms with E-state index in [0.717, 1.165) is 6.42 Å². The van der Waals surface area contributed by atoms with E-state index >= 15 is 0 Å². The summed E-state index contributed by atoms with van der Waals surface area (Å²) in [5, 5.41) is 5.45. The third-order valence-electron chi connectivity index (χ3n) is 3.00. The van der Waals surface area contributed by atoms with E-state index in [1.54, 1.807) is 11.3 Å². The molecule has 2 atom stereocenters. The molecule has 0 spiro atoms. The van der Waals surface area contributed by atoms with Crippen molar-refractivity contribution in [1.29, 1.82) is 0 Å². The van der Waals surface area contributed by atoms with Gasteiger partial charge >= 0.3 is 0 Å². The second kappa shape index (κ2) is 4.95. The van der Waals surface area contributed by atoms with Crippen molar-refractivity contribution >= 4 is 17.2 Å². The highest BCUT2D eigenvalue weighted by molar-refractivity contribution is 7.10. The van der Waals surface area contributed by atoms with E-state index in [1.165, 1.54) is 23.3 Å². The number of thiophene rings is 1. The largest absolute Gasteiger partial charge is 0.368 e. The van der Waals surface area contributed by atoms with Gasteiger partial charge in [-0.1, -0.05) is 0 Å². The molecule has 5 heteroatoms. The number of fused-ring (bicyclic) bond motifs is 1. The van der Waals surface area contributed by atoms with E-state index in [-0.39, 0.29) is 0 Å². The van der Waals surface area contributed by atoms with Crippen LogP contribution in [0.5, 0.6) is 0 Å². The Kier molecular flexibility index (Phi) is 3.58. The summed E-state index contributed by atoms with van der Waals surface area (Å²) in [5.74, 6) is -0.450. The lowest BCUT2D eigenvalue weighted by Crippen LogP contribution is -2.45. The average Bonchev–Trinajstić information content (AvgIpc) is 2.73. The molecule has 0 saturated heterocycles. The molecule has 1 aliphatic carbocycles. The first-order valence-electron chi connectivity index (χ1n) is 5.53. The third-order valence-corrected chi connectivity index (χ3v) is 4.00. The van der Waals surface area contributed by atoms with Crippen molar-refractivity contribution in [3.05, 3.63) is 21.9 Å². The molecule has 1 aromatic heterocycles. The zero-order chi connectivity index (χ0) is 11.5. The first-order chi connectivity index (χ1) is 7.68. The van der Waals surface area contributed by atoms with Gasteiger partial charge in [0.15, 0.2) is 0 Å². The van der Waals surface area contributed by atoms with Crippen LogP contribution in [0.3, 0.4) is 0 Å². The molecule has 4 nitrogen and oxygen atoms in total. The molecule has 5 N–H and O–H groups in total. The van der Waals surface area contributed by atoms with E-state index in [4.69, 9.17) is 11.5 Å². The molecule has 1 aromatic rings. The fourth-order valence-electron chi connectivity index (χ4n) is 2.07. The standard InChI is InChI=1S/C11H17N3OS/c12-8(11(13)15)6-14-9-2-1-3-10-7(9)4-5-16-10/h4-5,8-9,14H,1-3,6,12H2,(H2,13,15). The third kappa shape index (κ3) is 2.42. The fourth-order valence-corrected chi connectivity index (χ4v) is 3.06. The van der Waals surface area contributed by atoms with Gasteiger partial charge in [0.05, 0.1) is 6.04 Å². The second-order valence-corrected chi connectivity index (χ2v) is 5.16. The summed E-state index contributed by atoms with van der Waals surface area (Å²) >= 11 is 1.81. The van der Waals surface area contributed by atoms with E-state index in [9.17, 15) is 4.79 Å². The average molecular weight is 239 g/mol. The summed E-state index contributed by atoms with van der Waals surface area (Å²) in [6.45, 7) is 0.454. The lowest BCUT2D eigenvalue weighted by molar-refractivity contribution is -0.119. The highest BCUT2D eigenvalue weighted by Gasteiger charge is 2.21. The minimum absolute atomic E-state index is 0.334. The predicted octanol–water partition coefficient (Wildman–Crippen LogP) is 0.528. The highest BCUT2D eigenvalue weighted by Crippen LogP contribution is 2.32. The number of hydrogen-bond acceptors (Lipinski definition) is 4. The maximum absolute atomic E-state index is 10.8. The fraction of sp³-hybridized carbons (Fsp3) is 0.545. The van der Waals surface area contributed by atoms with E-state index in [1.807, 2.05) is 0 Å². The van der Waals surface area contributed by atoms with Gasteiger partial charge in [-0.05, 0) is 36.3 Å². The monoisotopic (exact) mass is 239 g/mol. The second-order valence-electron chi connectivity index (χ2n) is 4.16. The van der Waals surface area contributed by atoms with Crippen LogP contribution in [0, 0.1) is 0 Å². The SMILES string of the molecule is NC(=O)C(N)CNC1CCCc2sccc21. The molecule has 88 valence electrons. The maximum Gasteiger partial charge on any atom is 0.235 e. The Labute approximate surface area is 99.0 Å². The van der Waals surface area contributed by atoms with Crippen molar-refractivity contribution in [3.8, 4) is 0 Å². The summed E-state index contributed by atoms with van der Waals surface area (Å²) in [5.41, 5.74) is 12.1. The molecule has 0 radical (unpaired) electrons. The summed E-state index contributed by atoms with van der Waals surface area (Å²) in [7, 11) is 0. The van der Waals surface area contributed by atoms with Crippen LogP contribution in [0.25, 0.3) is 0 Å². The van der Waals surface area contributed by atoms with Gasteiger partial charge in [-0.25, -0.2) is 0 Å². The molecule has 0 fully saturated rings. The van der Waals surface area contributed by atoms with Gasteiger partial charge in [-0.15, -0.1) is 11.3 Å². The van der Waals surface area contributed by atoms with Gasteiger partial charge in [0.2, 0.25) is 5.91 Å². The Morgan fingerprint density at radius 2 is 2.50 bits per heavy atom. The number of carbonyl (C=O) groups is 1. The van der Waals surface area contributed by atoms with E-state index < -0.39 is 11.9 Å². The van der Waals surface area contributed by atoms with Crippen LogP contribution in [0.4, 0.5) is 0 Å². The lowest BCUT2D eigenvalue weighted by atomic mass is 9.94. The van der Waals surface area contributed by atoms with Gasteiger partial charge in [-0.3, -0.25) is 4.79 Å². The van der Waals surface area contributed by atoms with Crippen molar-refractivity contribution in [2.45, 2.75) is 31.3 Å². The molecule has 0 bridgehead atoms. The van der Waals surface area contributed by atoms with Gasteiger partial charge in [0.1, 0.15) is 0 Å². The first kappa shape index (κ1) is 11.6. The highest BCUT2D eigenvalue weighted by atomic mass is 32.1. The van der Waals surface area contributed by atoms with Crippen molar-refractivity contribution in [2.24, 2.45) is 11.5 Å². The molecule has 1 amide bonds. The Hall–Kier alpha value is -0.910. The lowest BCUT2D eigenvalue weighted by Gasteiger charge is -2.24. The quantitative estimate of drug-likeness (QED) is 0.717. The van der Waals surface area contributed by atoms with Crippen LogP contribution in [-0.4, -0.2) is 18.5 Å². The van der Waals surface area contributed by atoms with Gasteiger partial charge in [0, 0.05) is 17.5 Å². The number of aryl methyl sites for hydroxylation is 1. The molecular formula is C11H17N3OS. The molecule has 2 rings (SSSR count). The molecule has 0 aromatic carbocycles. The number of rotatable bonds is 4. The van der Waals surface area contributed by atoms with Gasteiger partial charge < -0.3 is 16.8 Å². The smallest absolute Gasteiger partial charge is 0.235 e. The van der Waals surface area contributed by atoms with E-state index in [2.05, 4.69) is 16.8 Å². The molecule has 0 saturated carbocycles. The number of hydrogen-bond donors (Lipinski definition) is 3. The topological polar surface area (TPSA) is 81.1 Å². The molecule has 1 heterocycles. The van der Waals surface area contributed by atoms with Crippen LogP contribution in [0.1, 0.15) is 29.3 Å². The number of nitrogens with one attached hydrogen (secondary N) is 1. The van der Waals surface area contributed by atoms with Crippen LogP contribution in [0.15, 0.2) is 11.4 Å². The predicted molar refractivity (Wildman–Crippen MR) is 65.2 cm³/mol. The summed E-state index contributed by atoms with van der Waals surface area (Å²) < 4.78 is 0. The van der Waals surface area contributed by atoms with Crippen LogP contribution >= 0.6 is 11.3 Å². The zero-order valence-corrected chi connectivity index (χ0v) is 9.93. The number of nitrogens with two attached hydrogens (primary N) is 2. The zero-order valence-electron chi connectivity index (χ0n) is 9.11. The Morgan fingerprint density at radius 3 is 3.25 bits per heavy atom. The van der Waals surface area contributed by atoms with Crippen molar-refractivity contribution < 1.29 is 4.79 Å². The molecule has 16 heavy (non-hydrogen) atoms. The normalized spacial score (nSPS) is 21.4. The number of amides is 1. The van der Waals surface area contributed by atoms with Crippen LogP contribution < -0.4 is 16.8 Å². The summed E-state index contributed by atoms with van der Waals surface area (Å²) in [6.07, 6.45) is 3.47. The molecule has 2 unspecified atom stereocenters. The Bertz CT molecular complexity index is 377.